The molecule has 0 saturated heterocycles. The van der Waals surface area contributed by atoms with Gasteiger partial charge < -0.3 is 14.3 Å². The summed E-state index contributed by atoms with van der Waals surface area (Å²) in [4.78, 5) is 18.5. The second-order valence-electron chi connectivity index (χ2n) is 5.60. The van der Waals surface area contributed by atoms with Gasteiger partial charge in [-0.15, -0.1) is 0 Å². The Hall–Kier alpha value is -1.40. The Morgan fingerprint density at radius 2 is 2.22 bits per heavy atom. The summed E-state index contributed by atoms with van der Waals surface area (Å²) in [6.45, 7) is 8.06. The molecule has 98 valence electrons. The van der Waals surface area contributed by atoms with Crippen molar-refractivity contribution in [3.05, 3.63) is 28.9 Å². The van der Waals surface area contributed by atoms with E-state index in [9.17, 15) is 4.79 Å². The maximum atomic E-state index is 11.7. The smallest absolute Gasteiger partial charge is 0.274 e. The van der Waals surface area contributed by atoms with Crippen molar-refractivity contribution < 1.29 is 4.74 Å². The Morgan fingerprint density at radius 1 is 1.44 bits per heavy atom. The van der Waals surface area contributed by atoms with Gasteiger partial charge >= 0.3 is 0 Å². The molecular weight excluding hydrogens is 246 g/mol. The predicted molar refractivity (Wildman–Crippen MR) is 74.5 cm³/mol. The number of rotatable bonds is 5. The molecule has 18 heavy (non-hydrogen) atoms. The van der Waals surface area contributed by atoms with Crippen LogP contribution in [0.2, 0.25) is 25.7 Å². The standard InChI is InChI=1S/C12H19N3O2Si/c1-18(2,3)7-6-17-9-15-8-14-10-4-5-13-12(16)11(10)15/h4-5,8H,6-7,9H2,1-3H3,(H,13,16). The summed E-state index contributed by atoms with van der Waals surface area (Å²) in [5, 5.41) is 0. The molecule has 0 saturated carbocycles. The molecule has 5 nitrogen and oxygen atoms in total. The molecule has 2 aromatic heterocycles. The summed E-state index contributed by atoms with van der Waals surface area (Å²) < 4.78 is 7.37. The first-order valence-electron chi connectivity index (χ1n) is 6.08. The first-order valence-corrected chi connectivity index (χ1v) is 9.78. The molecule has 0 unspecified atom stereocenters. The minimum Gasteiger partial charge on any atom is -0.361 e. The third-order valence-electron chi connectivity index (χ3n) is 2.76. The van der Waals surface area contributed by atoms with Crippen molar-refractivity contribution in [3.63, 3.8) is 0 Å². The Balaban J connectivity index is 2.02. The molecule has 0 aliphatic carbocycles. The zero-order valence-corrected chi connectivity index (χ0v) is 12.1. The van der Waals surface area contributed by atoms with Crippen LogP contribution in [0.5, 0.6) is 0 Å². The number of aromatic nitrogens is 3. The quantitative estimate of drug-likeness (QED) is 0.665. The zero-order chi connectivity index (χ0) is 13.2. The van der Waals surface area contributed by atoms with E-state index in [2.05, 4.69) is 29.6 Å². The van der Waals surface area contributed by atoms with Crippen LogP contribution < -0.4 is 5.56 Å². The SMILES string of the molecule is C[Si](C)(C)CCOCn1cnc2cc[nH]c(=O)c21. The molecule has 0 aliphatic heterocycles. The van der Waals surface area contributed by atoms with Crippen molar-refractivity contribution in [1.82, 2.24) is 14.5 Å². The van der Waals surface area contributed by atoms with Gasteiger partial charge in [-0.05, 0) is 12.1 Å². The summed E-state index contributed by atoms with van der Waals surface area (Å²) in [6.07, 6.45) is 3.25. The van der Waals surface area contributed by atoms with Gasteiger partial charge in [0.05, 0.1) is 11.8 Å². The topological polar surface area (TPSA) is 59.9 Å². The van der Waals surface area contributed by atoms with Crippen molar-refractivity contribution in [2.45, 2.75) is 32.4 Å². The second-order valence-corrected chi connectivity index (χ2v) is 11.2. The number of aromatic amines is 1. The number of H-pyrrole nitrogens is 1. The van der Waals surface area contributed by atoms with E-state index in [-0.39, 0.29) is 5.56 Å². The van der Waals surface area contributed by atoms with Gasteiger partial charge in [0.1, 0.15) is 12.2 Å². The molecular formula is C12H19N3O2Si. The van der Waals surface area contributed by atoms with Crippen LogP contribution in [0.25, 0.3) is 11.0 Å². The van der Waals surface area contributed by atoms with Crippen LogP contribution in [0.3, 0.4) is 0 Å². The van der Waals surface area contributed by atoms with Crippen LogP contribution in [-0.4, -0.2) is 29.2 Å². The first-order chi connectivity index (χ1) is 8.47. The molecule has 0 aromatic carbocycles. The summed E-state index contributed by atoms with van der Waals surface area (Å²) in [5.74, 6) is 0. The van der Waals surface area contributed by atoms with Crippen LogP contribution in [0.1, 0.15) is 0 Å². The highest BCUT2D eigenvalue weighted by atomic mass is 28.3. The average molecular weight is 265 g/mol. The van der Waals surface area contributed by atoms with Crippen LogP contribution in [0.15, 0.2) is 23.4 Å². The molecule has 2 aromatic rings. The molecule has 0 amide bonds. The summed E-state index contributed by atoms with van der Waals surface area (Å²) >= 11 is 0. The Morgan fingerprint density at radius 3 is 2.94 bits per heavy atom. The van der Waals surface area contributed by atoms with E-state index in [1.54, 1.807) is 23.2 Å². The number of nitrogens with zero attached hydrogens (tertiary/aromatic N) is 2. The third-order valence-corrected chi connectivity index (χ3v) is 4.47. The van der Waals surface area contributed by atoms with E-state index in [0.29, 0.717) is 17.8 Å². The fourth-order valence-corrected chi connectivity index (χ4v) is 2.43. The molecule has 0 fully saturated rings. The van der Waals surface area contributed by atoms with Crippen LogP contribution in [-0.2, 0) is 11.5 Å². The van der Waals surface area contributed by atoms with Gasteiger partial charge in [-0.1, -0.05) is 19.6 Å². The van der Waals surface area contributed by atoms with E-state index in [4.69, 9.17) is 4.74 Å². The molecule has 0 aliphatic rings. The number of fused-ring (bicyclic) bond motifs is 1. The maximum absolute atomic E-state index is 11.7. The number of hydrogen-bond donors (Lipinski definition) is 1. The number of imidazole rings is 1. The fraction of sp³-hybridized carbons (Fsp3) is 0.500. The Bertz CT molecular complexity index is 583. The lowest BCUT2D eigenvalue weighted by Crippen LogP contribution is -2.22. The zero-order valence-electron chi connectivity index (χ0n) is 11.1. The van der Waals surface area contributed by atoms with Gasteiger partial charge in [-0.25, -0.2) is 4.98 Å². The van der Waals surface area contributed by atoms with Gasteiger partial charge in [0.15, 0.2) is 0 Å². The monoisotopic (exact) mass is 265 g/mol. The van der Waals surface area contributed by atoms with Crippen molar-refractivity contribution >= 4 is 19.1 Å². The van der Waals surface area contributed by atoms with Crippen LogP contribution in [0.4, 0.5) is 0 Å². The highest BCUT2D eigenvalue weighted by Gasteiger charge is 2.12. The number of hydrogen-bond acceptors (Lipinski definition) is 3. The third kappa shape index (κ3) is 3.08. The maximum Gasteiger partial charge on any atom is 0.274 e. The lowest BCUT2D eigenvalue weighted by Gasteiger charge is -2.15. The number of ether oxygens (including phenoxy) is 1. The summed E-state index contributed by atoms with van der Waals surface area (Å²) in [7, 11) is -1.06. The van der Waals surface area contributed by atoms with Crippen molar-refractivity contribution in [1.29, 1.82) is 0 Å². The van der Waals surface area contributed by atoms with Crippen molar-refractivity contribution in [2.75, 3.05) is 6.61 Å². The van der Waals surface area contributed by atoms with Gasteiger partial charge in [-0.3, -0.25) is 4.79 Å². The van der Waals surface area contributed by atoms with E-state index in [1.165, 1.54) is 0 Å². The van der Waals surface area contributed by atoms with E-state index < -0.39 is 8.07 Å². The van der Waals surface area contributed by atoms with Crippen LogP contribution >= 0.6 is 0 Å². The molecule has 2 heterocycles. The Kier molecular flexibility index (Phi) is 3.67. The van der Waals surface area contributed by atoms with Crippen molar-refractivity contribution in [2.24, 2.45) is 0 Å². The highest BCUT2D eigenvalue weighted by molar-refractivity contribution is 6.76. The summed E-state index contributed by atoms with van der Waals surface area (Å²) in [6, 6.07) is 2.91. The molecule has 2 rings (SSSR count). The molecule has 1 N–H and O–H groups in total. The van der Waals surface area contributed by atoms with E-state index >= 15 is 0 Å². The van der Waals surface area contributed by atoms with Gasteiger partial charge in [0, 0.05) is 20.9 Å². The normalized spacial score (nSPS) is 12.2. The van der Waals surface area contributed by atoms with Crippen LogP contribution in [0, 0.1) is 0 Å². The number of nitrogens with one attached hydrogen (secondary N) is 1. The largest absolute Gasteiger partial charge is 0.361 e. The Labute approximate surface area is 107 Å². The molecule has 0 atom stereocenters. The molecule has 0 spiro atoms. The van der Waals surface area contributed by atoms with Gasteiger partial charge in [0.25, 0.3) is 5.56 Å². The minimum atomic E-state index is -1.06. The lowest BCUT2D eigenvalue weighted by molar-refractivity contribution is 0.0897. The van der Waals surface area contributed by atoms with Crippen molar-refractivity contribution in [3.8, 4) is 0 Å². The van der Waals surface area contributed by atoms with Gasteiger partial charge in [0.2, 0.25) is 0 Å². The first kappa shape index (κ1) is 13.0. The van der Waals surface area contributed by atoms with Gasteiger partial charge in [-0.2, -0.15) is 0 Å². The molecule has 6 heteroatoms. The van der Waals surface area contributed by atoms with E-state index in [1.807, 2.05) is 0 Å². The second kappa shape index (κ2) is 5.07. The molecule has 0 radical (unpaired) electrons. The lowest BCUT2D eigenvalue weighted by atomic mass is 10.4. The summed E-state index contributed by atoms with van der Waals surface area (Å²) in [5.41, 5.74) is 1.15. The predicted octanol–water partition coefficient (Wildman–Crippen LogP) is 2.04. The highest BCUT2D eigenvalue weighted by Crippen LogP contribution is 2.09. The van der Waals surface area contributed by atoms with E-state index in [0.717, 1.165) is 12.7 Å². The average Bonchev–Trinajstić information content (AvgIpc) is 2.68. The molecule has 0 bridgehead atoms. The minimum absolute atomic E-state index is 0.126. The number of pyridine rings is 1. The fourth-order valence-electron chi connectivity index (χ4n) is 1.67.